The number of ether oxygens (including phenoxy) is 2. The topological polar surface area (TPSA) is 50.8 Å². The maximum atomic E-state index is 13.6. The Balaban J connectivity index is 1.30. The number of nitrogens with zero attached hydrogens (tertiary/aromatic N) is 1. The van der Waals surface area contributed by atoms with Crippen LogP contribution in [0.15, 0.2) is 54.6 Å². The fraction of sp³-hybridized carbons (Fsp3) is 0.345. The van der Waals surface area contributed by atoms with Gasteiger partial charge in [0.25, 0.3) is 5.91 Å². The first-order chi connectivity index (χ1) is 17.6. The molecule has 0 spiro atoms. The quantitative estimate of drug-likeness (QED) is 0.400. The van der Waals surface area contributed by atoms with E-state index in [4.69, 9.17) is 9.47 Å². The molecule has 1 N–H and O–H groups in total. The Kier molecular flexibility index (Phi) is 6.52. The van der Waals surface area contributed by atoms with Crippen LogP contribution in [0.2, 0.25) is 0 Å². The summed E-state index contributed by atoms with van der Waals surface area (Å²) < 4.78 is 52.9. The number of carbonyl (C=O) groups is 1. The van der Waals surface area contributed by atoms with E-state index in [2.05, 4.69) is 10.2 Å². The summed E-state index contributed by atoms with van der Waals surface area (Å²) in [4.78, 5) is 15.3. The average molecular weight is 511 g/mol. The number of halogens is 3. The molecule has 194 valence electrons. The van der Waals surface area contributed by atoms with E-state index in [-0.39, 0.29) is 17.7 Å². The first-order valence-electron chi connectivity index (χ1n) is 12.3. The minimum atomic E-state index is -4.57. The van der Waals surface area contributed by atoms with Crippen molar-refractivity contribution in [3.8, 4) is 11.5 Å². The van der Waals surface area contributed by atoms with Crippen LogP contribution >= 0.6 is 0 Å². The Bertz CT molecular complexity index is 1310. The molecule has 8 heteroatoms. The van der Waals surface area contributed by atoms with Crippen LogP contribution in [0.4, 0.5) is 24.5 Å². The minimum Gasteiger partial charge on any atom is -0.490 e. The smallest absolute Gasteiger partial charge is 0.418 e. The molecule has 1 aliphatic carbocycles. The number of amides is 1. The van der Waals surface area contributed by atoms with Crippen molar-refractivity contribution < 1.29 is 27.4 Å². The summed E-state index contributed by atoms with van der Waals surface area (Å²) in [5.74, 6) is 1.06. The van der Waals surface area contributed by atoms with Gasteiger partial charge < -0.3 is 19.7 Å². The van der Waals surface area contributed by atoms with Crippen LogP contribution in [0.3, 0.4) is 0 Å². The molecule has 0 unspecified atom stereocenters. The predicted octanol–water partition coefficient (Wildman–Crippen LogP) is 6.73. The SMILES string of the molecule is Cc1cc(OC[C@@H]2CN(C)c3ccccc3O2)cc(C)c1C(=O)Nc1cc(C2CC2)ccc1C(F)(F)F. The van der Waals surface area contributed by atoms with E-state index in [0.717, 1.165) is 35.9 Å². The third-order valence-corrected chi connectivity index (χ3v) is 6.86. The van der Waals surface area contributed by atoms with Crippen LogP contribution in [0.1, 0.15) is 51.4 Å². The van der Waals surface area contributed by atoms with Crippen LogP contribution in [-0.4, -0.2) is 32.2 Å². The van der Waals surface area contributed by atoms with E-state index in [9.17, 15) is 18.0 Å². The first-order valence-corrected chi connectivity index (χ1v) is 12.3. The highest BCUT2D eigenvalue weighted by atomic mass is 19.4. The van der Waals surface area contributed by atoms with Gasteiger partial charge in [-0.1, -0.05) is 18.2 Å². The van der Waals surface area contributed by atoms with E-state index in [0.29, 0.717) is 35.6 Å². The Hall–Kier alpha value is -3.68. The summed E-state index contributed by atoms with van der Waals surface area (Å²) >= 11 is 0. The summed E-state index contributed by atoms with van der Waals surface area (Å²) in [6.45, 7) is 4.48. The van der Waals surface area contributed by atoms with E-state index in [1.165, 1.54) is 12.1 Å². The third kappa shape index (κ3) is 5.38. The van der Waals surface area contributed by atoms with Gasteiger partial charge in [-0.25, -0.2) is 0 Å². The molecule has 1 fully saturated rings. The third-order valence-electron chi connectivity index (χ3n) is 6.86. The number of rotatable bonds is 6. The van der Waals surface area contributed by atoms with Gasteiger partial charge in [0, 0.05) is 12.6 Å². The van der Waals surface area contributed by atoms with Crippen LogP contribution in [-0.2, 0) is 6.18 Å². The zero-order valence-electron chi connectivity index (χ0n) is 21.0. The molecule has 0 aromatic heterocycles. The van der Waals surface area contributed by atoms with Crippen molar-refractivity contribution in [2.45, 2.75) is 44.9 Å². The van der Waals surface area contributed by atoms with Gasteiger partial charge in [-0.2, -0.15) is 13.2 Å². The van der Waals surface area contributed by atoms with Gasteiger partial charge >= 0.3 is 6.18 Å². The number of anilines is 2. The Labute approximate surface area is 214 Å². The summed E-state index contributed by atoms with van der Waals surface area (Å²) in [5.41, 5.74) is 2.35. The molecule has 2 aliphatic rings. The highest BCUT2D eigenvalue weighted by Gasteiger charge is 2.35. The summed E-state index contributed by atoms with van der Waals surface area (Å²) in [7, 11) is 2.00. The Morgan fingerprint density at radius 3 is 2.46 bits per heavy atom. The highest BCUT2D eigenvalue weighted by Crippen LogP contribution is 2.43. The van der Waals surface area contributed by atoms with Gasteiger partial charge in [0.2, 0.25) is 0 Å². The molecule has 0 saturated heterocycles. The molecule has 1 atom stereocenters. The molecule has 0 radical (unpaired) electrons. The molecule has 3 aromatic carbocycles. The largest absolute Gasteiger partial charge is 0.490 e. The molecular formula is C29H29F3N2O3. The normalized spacial score (nSPS) is 17.1. The number of fused-ring (bicyclic) bond motifs is 1. The zero-order valence-corrected chi connectivity index (χ0v) is 21.0. The lowest BCUT2D eigenvalue weighted by Crippen LogP contribution is -2.41. The summed E-state index contributed by atoms with van der Waals surface area (Å²) in [6, 6.07) is 15.3. The second kappa shape index (κ2) is 9.65. The Morgan fingerprint density at radius 1 is 1.08 bits per heavy atom. The van der Waals surface area contributed by atoms with Gasteiger partial charge in [-0.05, 0) is 85.7 Å². The second-order valence-corrected chi connectivity index (χ2v) is 9.86. The second-order valence-electron chi connectivity index (χ2n) is 9.86. The zero-order chi connectivity index (χ0) is 26.3. The molecule has 3 aromatic rings. The van der Waals surface area contributed by atoms with E-state index >= 15 is 0 Å². The predicted molar refractivity (Wildman–Crippen MR) is 137 cm³/mol. The van der Waals surface area contributed by atoms with Crippen molar-refractivity contribution in [2.75, 3.05) is 30.4 Å². The molecular weight excluding hydrogens is 481 g/mol. The number of hydrogen-bond acceptors (Lipinski definition) is 4. The van der Waals surface area contributed by atoms with Crippen molar-refractivity contribution in [2.24, 2.45) is 0 Å². The van der Waals surface area contributed by atoms with Crippen LogP contribution in [0.5, 0.6) is 11.5 Å². The molecule has 5 nitrogen and oxygen atoms in total. The number of hydrogen-bond donors (Lipinski definition) is 1. The molecule has 37 heavy (non-hydrogen) atoms. The number of likely N-dealkylation sites (N-methyl/N-ethyl adjacent to an activating group) is 1. The average Bonchev–Trinajstić information content (AvgIpc) is 3.67. The van der Waals surface area contributed by atoms with Gasteiger partial charge in [0.1, 0.15) is 24.2 Å². The number of alkyl halides is 3. The molecule has 1 aliphatic heterocycles. The van der Waals surface area contributed by atoms with Crippen molar-refractivity contribution in [3.63, 3.8) is 0 Å². The van der Waals surface area contributed by atoms with Crippen molar-refractivity contribution in [3.05, 3.63) is 82.4 Å². The van der Waals surface area contributed by atoms with Crippen molar-refractivity contribution in [1.29, 1.82) is 0 Å². The summed E-state index contributed by atoms with van der Waals surface area (Å²) in [6.07, 6.45) is -2.84. The van der Waals surface area contributed by atoms with Crippen LogP contribution < -0.4 is 19.7 Å². The first kappa shape index (κ1) is 25.0. The van der Waals surface area contributed by atoms with Gasteiger partial charge in [0.15, 0.2) is 0 Å². The molecule has 1 heterocycles. The van der Waals surface area contributed by atoms with Gasteiger partial charge in [-0.15, -0.1) is 0 Å². The standard InChI is InChI=1S/C29H29F3N2O3/c1-17-12-21(36-16-22-15-34(3)25-6-4-5-7-26(25)37-22)13-18(2)27(17)28(35)33-24-14-20(19-8-9-19)10-11-23(24)29(30,31)32/h4-7,10-14,19,22H,8-9,15-16H2,1-3H3,(H,33,35)/t22-/m0/s1. The van der Waals surface area contributed by atoms with E-state index in [1.54, 1.807) is 26.0 Å². The number of aryl methyl sites for hydroxylation is 2. The maximum Gasteiger partial charge on any atom is 0.418 e. The highest BCUT2D eigenvalue weighted by molar-refractivity contribution is 6.07. The maximum absolute atomic E-state index is 13.6. The lowest BCUT2D eigenvalue weighted by atomic mass is 10.0. The fourth-order valence-electron chi connectivity index (χ4n) is 4.90. The number of carbonyl (C=O) groups excluding carboxylic acids is 1. The van der Waals surface area contributed by atoms with Gasteiger partial charge in [0.05, 0.1) is 23.5 Å². The van der Waals surface area contributed by atoms with Gasteiger partial charge in [-0.3, -0.25) is 4.79 Å². The number of benzene rings is 3. The molecule has 0 bridgehead atoms. The van der Waals surface area contributed by atoms with E-state index in [1.807, 2.05) is 31.3 Å². The number of nitrogens with one attached hydrogen (secondary N) is 1. The molecule has 1 saturated carbocycles. The van der Waals surface area contributed by atoms with Crippen LogP contribution in [0, 0.1) is 13.8 Å². The van der Waals surface area contributed by atoms with Crippen molar-refractivity contribution >= 4 is 17.3 Å². The Morgan fingerprint density at radius 2 is 1.78 bits per heavy atom. The summed E-state index contributed by atoms with van der Waals surface area (Å²) in [5, 5.41) is 2.53. The number of para-hydroxylation sites is 2. The van der Waals surface area contributed by atoms with E-state index < -0.39 is 17.6 Å². The van der Waals surface area contributed by atoms with Crippen molar-refractivity contribution in [1.82, 2.24) is 0 Å². The lowest BCUT2D eigenvalue weighted by Gasteiger charge is -2.33. The van der Waals surface area contributed by atoms with Crippen LogP contribution in [0.25, 0.3) is 0 Å². The minimum absolute atomic E-state index is 0.178. The molecule has 5 rings (SSSR count). The monoisotopic (exact) mass is 510 g/mol. The molecule has 1 amide bonds. The lowest BCUT2D eigenvalue weighted by molar-refractivity contribution is -0.136. The fourth-order valence-corrected chi connectivity index (χ4v) is 4.90.